The summed E-state index contributed by atoms with van der Waals surface area (Å²) < 4.78 is 5.82. The van der Waals surface area contributed by atoms with Gasteiger partial charge in [-0.3, -0.25) is 9.59 Å². The van der Waals surface area contributed by atoms with Crippen molar-refractivity contribution in [1.82, 2.24) is 10.2 Å². The molecule has 0 aliphatic heterocycles. The molecule has 36 heavy (non-hydrogen) atoms. The summed E-state index contributed by atoms with van der Waals surface area (Å²) in [6.07, 6.45) is 1.14. The predicted molar refractivity (Wildman–Crippen MR) is 146 cm³/mol. The lowest BCUT2D eigenvalue weighted by Gasteiger charge is -2.32. The van der Waals surface area contributed by atoms with Gasteiger partial charge in [0.25, 0.3) is 5.91 Å². The molecular formula is C29H32Cl2N2O3. The van der Waals surface area contributed by atoms with E-state index in [9.17, 15) is 9.59 Å². The van der Waals surface area contributed by atoms with Gasteiger partial charge in [-0.1, -0.05) is 78.7 Å². The Morgan fingerprint density at radius 1 is 0.972 bits per heavy atom. The number of carbonyl (C=O) groups is 2. The Morgan fingerprint density at radius 3 is 2.33 bits per heavy atom. The maximum absolute atomic E-state index is 13.6. The zero-order valence-corrected chi connectivity index (χ0v) is 22.4. The van der Waals surface area contributed by atoms with Crippen LogP contribution in [0.2, 0.25) is 10.0 Å². The van der Waals surface area contributed by atoms with Crippen LogP contribution in [0.1, 0.15) is 37.0 Å². The lowest BCUT2D eigenvalue weighted by molar-refractivity contribution is -0.143. The van der Waals surface area contributed by atoms with E-state index in [1.165, 1.54) is 0 Å². The molecule has 7 heteroatoms. The molecule has 3 aromatic carbocycles. The van der Waals surface area contributed by atoms with Crippen LogP contribution in [0.25, 0.3) is 0 Å². The predicted octanol–water partition coefficient (Wildman–Crippen LogP) is 6.24. The van der Waals surface area contributed by atoms with Crippen molar-refractivity contribution in [3.05, 3.63) is 99.5 Å². The minimum atomic E-state index is -0.749. The molecule has 0 aliphatic rings. The summed E-state index contributed by atoms with van der Waals surface area (Å²) in [6.45, 7) is 5.77. The summed E-state index contributed by atoms with van der Waals surface area (Å²) in [4.78, 5) is 28.7. The molecule has 0 aromatic heterocycles. The van der Waals surface area contributed by atoms with Gasteiger partial charge in [0.1, 0.15) is 11.8 Å². The van der Waals surface area contributed by atoms with Crippen LogP contribution in [0.4, 0.5) is 0 Å². The molecule has 3 rings (SSSR count). The lowest BCUT2D eigenvalue weighted by atomic mass is 10.0. The van der Waals surface area contributed by atoms with Crippen LogP contribution in [-0.4, -0.2) is 35.4 Å². The van der Waals surface area contributed by atoms with Crippen molar-refractivity contribution in [1.29, 1.82) is 0 Å². The number of aryl methyl sites for hydroxylation is 1. The molecule has 0 radical (unpaired) electrons. The standard InChI is InChI=1S/C29H32Cl2N2O3/c1-4-21(3)32-29(35)27(17-22-10-6-5-7-11-22)33(18-23-12-8-9-13-26(23)31)28(34)19-36-24-14-15-25(30)20(2)16-24/h5-16,21,27H,4,17-19H2,1-3H3,(H,32,35)/t21-,27-/m1/s1. The van der Waals surface area contributed by atoms with E-state index in [0.29, 0.717) is 22.2 Å². The number of carbonyl (C=O) groups excluding carboxylic acids is 2. The first kappa shape index (κ1) is 27.6. The van der Waals surface area contributed by atoms with Crippen molar-refractivity contribution in [3.63, 3.8) is 0 Å². The van der Waals surface area contributed by atoms with Gasteiger partial charge in [0.05, 0.1) is 0 Å². The number of nitrogens with zero attached hydrogens (tertiary/aromatic N) is 1. The molecule has 0 aliphatic carbocycles. The van der Waals surface area contributed by atoms with Crippen LogP contribution >= 0.6 is 23.2 Å². The summed E-state index contributed by atoms with van der Waals surface area (Å²) in [7, 11) is 0. The van der Waals surface area contributed by atoms with Crippen molar-refractivity contribution >= 4 is 35.0 Å². The molecular weight excluding hydrogens is 495 g/mol. The van der Waals surface area contributed by atoms with Gasteiger partial charge in [0.2, 0.25) is 5.91 Å². The van der Waals surface area contributed by atoms with Crippen LogP contribution < -0.4 is 10.1 Å². The fourth-order valence-electron chi connectivity index (χ4n) is 3.74. The lowest BCUT2D eigenvalue weighted by Crippen LogP contribution is -2.53. The number of rotatable bonds is 11. The highest BCUT2D eigenvalue weighted by Gasteiger charge is 2.31. The smallest absolute Gasteiger partial charge is 0.261 e. The molecule has 0 heterocycles. The van der Waals surface area contributed by atoms with Crippen LogP contribution in [0.15, 0.2) is 72.8 Å². The van der Waals surface area contributed by atoms with Gasteiger partial charge in [0, 0.05) is 29.1 Å². The molecule has 0 saturated heterocycles. The molecule has 0 spiro atoms. The van der Waals surface area contributed by atoms with E-state index in [1.807, 2.05) is 69.3 Å². The molecule has 0 bridgehead atoms. The molecule has 0 saturated carbocycles. The Bertz CT molecular complexity index is 1170. The molecule has 1 N–H and O–H groups in total. The maximum atomic E-state index is 13.6. The number of ether oxygens (including phenoxy) is 1. The largest absolute Gasteiger partial charge is 0.484 e. The number of amides is 2. The first-order chi connectivity index (χ1) is 17.3. The maximum Gasteiger partial charge on any atom is 0.261 e. The van der Waals surface area contributed by atoms with E-state index in [4.69, 9.17) is 27.9 Å². The summed E-state index contributed by atoms with van der Waals surface area (Å²) in [5.74, 6) is 0.00492. The van der Waals surface area contributed by atoms with Crippen molar-refractivity contribution in [2.45, 2.75) is 52.2 Å². The molecule has 2 atom stereocenters. The topological polar surface area (TPSA) is 58.6 Å². The highest BCUT2D eigenvalue weighted by atomic mass is 35.5. The Balaban J connectivity index is 1.92. The van der Waals surface area contributed by atoms with E-state index < -0.39 is 6.04 Å². The first-order valence-corrected chi connectivity index (χ1v) is 12.8. The third-order valence-corrected chi connectivity index (χ3v) is 6.86. The third kappa shape index (κ3) is 7.74. The Hall–Kier alpha value is -3.02. The fraction of sp³-hybridized carbons (Fsp3) is 0.310. The monoisotopic (exact) mass is 526 g/mol. The van der Waals surface area contributed by atoms with Gasteiger partial charge in [-0.2, -0.15) is 0 Å². The molecule has 2 amide bonds. The van der Waals surface area contributed by atoms with Gasteiger partial charge in [-0.25, -0.2) is 0 Å². The number of benzene rings is 3. The minimum absolute atomic E-state index is 0.0265. The SMILES string of the molecule is CC[C@@H](C)NC(=O)[C@@H](Cc1ccccc1)N(Cc1ccccc1Cl)C(=O)COc1ccc(Cl)c(C)c1. The van der Waals surface area contributed by atoms with Gasteiger partial charge in [0.15, 0.2) is 6.61 Å². The van der Waals surface area contributed by atoms with Crippen LogP contribution in [0, 0.1) is 6.92 Å². The summed E-state index contributed by atoms with van der Waals surface area (Å²) in [5.41, 5.74) is 2.56. The van der Waals surface area contributed by atoms with E-state index in [-0.39, 0.29) is 31.0 Å². The van der Waals surface area contributed by atoms with Crippen LogP contribution in [0.3, 0.4) is 0 Å². The molecule has 0 unspecified atom stereocenters. The summed E-state index contributed by atoms with van der Waals surface area (Å²) in [5, 5.41) is 4.21. The quantitative estimate of drug-likeness (QED) is 0.322. The molecule has 190 valence electrons. The molecule has 5 nitrogen and oxygen atoms in total. The zero-order chi connectivity index (χ0) is 26.1. The summed E-state index contributed by atoms with van der Waals surface area (Å²) in [6, 6.07) is 21.5. The number of hydrogen-bond donors (Lipinski definition) is 1. The van der Waals surface area contributed by atoms with Gasteiger partial charge in [-0.05, 0) is 61.2 Å². The zero-order valence-electron chi connectivity index (χ0n) is 20.8. The molecule has 0 fully saturated rings. The average Bonchev–Trinajstić information content (AvgIpc) is 2.88. The van der Waals surface area contributed by atoms with Crippen molar-refractivity contribution in [2.75, 3.05) is 6.61 Å². The van der Waals surface area contributed by atoms with Crippen molar-refractivity contribution in [3.8, 4) is 5.75 Å². The Morgan fingerprint density at radius 2 is 1.67 bits per heavy atom. The van der Waals surface area contributed by atoms with Crippen LogP contribution in [0.5, 0.6) is 5.75 Å². The Kier molecular flexibility index (Phi) is 10.2. The average molecular weight is 527 g/mol. The van der Waals surface area contributed by atoms with Gasteiger partial charge in [-0.15, -0.1) is 0 Å². The van der Waals surface area contributed by atoms with E-state index in [2.05, 4.69) is 5.32 Å². The third-order valence-electron chi connectivity index (χ3n) is 6.06. The highest BCUT2D eigenvalue weighted by molar-refractivity contribution is 6.31. The second-order valence-corrected chi connectivity index (χ2v) is 9.65. The van der Waals surface area contributed by atoms with Crippen molar-refractivity contribution in [2.24, 2.45) is 0 Å². The highest BCUT2D eigenvalue weighted by Crippen LogP contribution is 2.23. The first-order valence-electron chi connectivity index (χ1n) is 12.0. The molecule has 3 aromatic rings. The van der Waals surface area contributed by atoms with E-state index in [1.54, 1.807) is 29.2 Å². The fourth-order valence-corrected chi connectivity index (χ4v) is 4.05. The second-order valence-electron chi connectivity index (χ2n) is 8.84. The van der Waals surface area contributed by atoms with Crippen molar-refractivity contribution < 1.29 is 14.3 Å². The normalized spacial score (nSPS) is 12.5. The van der Waals surface area contributed by atoms with Gasteiger partial charge >= 0.3 is 0 Å². The number of halogens is 2. The minimum Gasteiger partial charge on any atom is -0.484 e. The Labute approximate surface area is 223 Å². The van der Waals surface area contributed by atoms with E-state index >= 15 is 0 Å². The van der Waals surface area contributed by atoms with E-state index in [0.717, 1.165) is 23.1 Å². The summed E-state index contributed by atoms with van der Waals surface area (Å²) >= 11 is 12.6. The second kappa shape index (κ2) is 13.3. The van der Waals surface area contributed by atoms with Crippen LogP contribution in [-0.2, 0) is 22.6 Å². The number of nitrogens with one attached hydrogen (secondary N) is 1. The number of hydrogen-bond acceptors (Lipinski definition) is 3. The van der Waals surface area contributed by atoms with Gasteiger partial charge < -0.3 is 15.0 Å².